The van der Waals surface area contributed by atoms with Gasteiger partial charge in [-0.05, 0) is 36.0 Å². The summed E-state index contributed by atoms with van der Waals surface area (Å²) in [6.07, 6.45) is 1.40. The number of likely N-dealkylation sites (tertiary alicyclic amines) is 1. The molecular weight excluding hydrogens is 330 g/mol. The zero-order valence-corrected chi connectivity index (χ0v) is 16.0. The van der Waals surface area contributed by atoms with Gasteiger partial charge in [0.2, 0.25) is 17.7 Å². The van der Waals surface area contributed by atoms with Crippen molar-refractivity contribution in [2.45, 2.75) is 52.5 Å². The highest BCUT2D eigenvalue weighted by atomic mass is 16.3. The molecule has 2 amide bonds. The van der Waals surface area contributed by atoms with Crippen LogP contribution >= 0.6 is 0 Å². The van der Waals surface area contributed by atoms with E-state index in [1.807, 2.05) is 12.1 Å². The molecule has 1 N–H and O–H groups in total. The van der Waals surface area contributed by atoms with E-state index in [0.717, 1.165) is 11.1 Å². The van der Waals surface area contributed by atoms with Crippen LogP contribution in [0, 0.1) is 5.92 Å². The molecule has 0 aliphatic carbocycles. The quantitative estimate of drug-likeness (QED) is 0.916. The maximum atomic E-state index is 12.4. The second kappa shape index (κ2) is 7.09. The van der Waals surface area contributed by atoms with Gasteiger partial charge in [0, 0.05) is 25.9 Å². The van der Waals surface area contributed by atoms with E-state index in [9.17, 15) is 9.59 Å². The molecule has 1 aliphatic rings. The molecule has 0 radical (unpaired) electrons. The van der Waals surface area contributed by atoms with Crippen molar-refractivity contribution in [3.05, 3.63) is 29.7 Å². The van der Waals surface area contributed by atoms with Gasteiger partial charge >= 0.3 is 0 Å². The number of hydrogen-bond donors (Lipinski definition) is 1. The number of hydrogen-bond acceptors (Lipinski definition) is 4. The Hall–Kier alpha value is -2.37. The smallest absolute Gasteiger partial charge is 0.223 e. The van der Waals surface area contributed by atoms with Crippen LogP contribution in [0.5, 0.6) is 0 Å². The summed E-state index contributed by atoms with van der Waals surface area (Å²) in [7, 11) is 0. The molecule has 0 unspecified atom stereocenters. The molecule has 0 spiro atoms. The summed E-state index contributed by atoms with van der Waals surface area (Å²) >= 11 is 0. The standard InChI is InChI=1S/C20H27N3O3/c1-13(24)23-9-7-14(8-10-23)19(25)21-12-18-22-16-11-15(20(2,3)4)5-6-17(16)26-18/h5-6,11,14H,7-10,12H2,1-4H3,(H,21,25). The average Bonchev–Trinajstić information content (AvgIpc) is 3.01. The molecule has 2 heterocycles. The van der Waals surface area contributed by atoms with Crippen LogP contribution in [0.15, 0.2) is 22.6 Å². The highest BCUT2D eigenvalue weighted by Crippen LogP contribution is 2.26. The fourth-order valence-corrected chi connectivity index (χ4v) is 3.28. The van der Waals surface area contributed by atoms with Crippen molar-refractivity contribution in [1.82, 2.24) is 15.2 Å². The van der Waals surface area contributed by atoms with Crippen LogP contribution in [0.25, 0.3) is 11.1 Å². The fraction of sp³-hybridized carbons (Fsp3) is 0.550. The number of nitrogens with one attached hydrogen (secondary N) is 1. The van der Waals surface area contributed by atoms with Gasteiger partial charge < -0.3 is 14.6 Å². The fourth-order valence-electron chi connectivity index (χ4n) is 3.28. The van der Waals surface area contributed by atoms with Gasteiger partial charge in [0.1, 0.15) is 5.52 Å². The predicted octanol–water partition coefficient (Wildman–Crippen LogP) is 3.00. The van der Waals surface area contributed by atoms with E-state index in [-0.39, 0.29) is 29.7 Å². The molecule has 0 atom stereocenters. The van der Waals surface area contributed by atoms with Crippen molar-refractivity contribution >= 4 is 22.9 Å². The van der Waals surface area contributed by atoms with Crippen LogP contribution in [0.3, 0.4) is 0 Å². The van der Waals surface area contributed by atoms with Crippen LogP contribution in [-0.4, -0.2) is 34.8 Å². The van der Waals surface area contributed by atoms with Gasteiger partial charge in [0.05, 0.1) is 6.54 Å². The van der Waals surface area contributed by atoms with Gasteiger partial charge in [-0.1, -0.05) is 26.8 Å². The zero-order chi connectivity index (χ0) is 18.9. The van der Waals surface area contributed by atoms with E-state index in [1.54, 1.807) is 11.8 Å². The summed E-state index contributed by atoms with van der Waals surface area (Å²) in [5, 5.41) is 2.92. The van der Waals surface area contributed by atoms with Gasteiger partial charge in [-0.15, -0.1) is 0 Å². The van der Waals surface area contributed by atoms with Gasteiger partial charge in [0.25, 0.3) is 0 Å². The summed E-state index contributed by atoms with van der Waals surface area (Å²) in [5.41, 5.74) is 2.80. The highest BCUT2D eigenvalue weighted by Gasteiger charge is 2.26. The maximum Gasteiger partial charge on any atom is 0.223 e. The molecule has 3 rings (SSSR count). The lowest BCUT2D eigenvalue weighted by molar-refractivity contribution is -0.134. The minimum absolute atomic E-state index is 0.00541. The number of benzene rings is 1. The van der Waals surface area contributed by atoms with Crippen LogP contribution in [0.4, 0.5) is 0 Å². The van der Waals surface area contributed by atoms with Crippen molar-refractivity contribution in [1.29, 1.82) is 0 Å². The van der Waals surface area contributed by atoms with Crippen LogP contribution in [-0.2, 0) is 21.5 Å². The first-order valence-corrected chi connectivity index (χ1v) is 9.17. The molecule has 26 heavy (non-hydrogen) atoms. The molecule has 6 nitrogen and oxygen atoms in total. The third kappa shape index (κ3) is 4.06. The summed E-state index contributed by atoms with van der Waals surface area (Å²) in [6, 6.07) is 6.03. The van der Waals surface area contributed by atoms with Gasteiger partial charge in [0.15, 0.2) is 5.58 Å². The predicted molar refractivity (Wildman–Crippen MR) is 99.5 cm³/mol. The second-order valence-electron chi connectivity index (χ2n) is 8.04. The molecule has 1 aliphatic heterocycles. The molecule has 6 heteroatoms. The van der Waals surface area contributed by atoms with Crippen molar-refractivity contribution in [2.75, 3.05) is 13.1 Å². The Bertz CT molecular complexity index is 811. The Balaban J connectivity index is 1.59. The number of piperidine rings is 1. The number of aromatic nitrogens is 1. The van der Waals surface area contributed by atoms with E-state index in [1.165, 1.54) is 5.56 Å². The normalized spacial score (nSPS) is 16.1. The molecule has 1 aromatic heterocycles. The number of carbonyl (C=O) groups is 2. The number of fused-ring (bicyclic) bond motifs is 1. The maximum absolute atomic E-state index is 12.4. The summed E-state index contributed by atoms with van der Waals surface area (Å²) < 4.78 is 5.74. The molecule has 0 bridgehead atoms. The van der Waals surface area contributed by atoms with Gasteiger partial charge in [-0.25, -0.2) is 4.98 Å². The lowest BCUT2D eigenvalue weighted by Gasteiger charge is -2.30. The van der Waals surface area contributed by atoms with Crippen molar-refractivity contribution in [3.63, 3.8) is 0 Å². The lowest BCUT2D eigenvalue weighted by Crippen LogP contribution is -2.42. The van der Waals surface area contributed by atoms with E-state index in [4.69, 9.17) is 4.42 Å². The van der Waals surface area contributed by atoms with E-state index >= 15 is 0 Å². The largest absolute Gasteiger partial charge is 0.439 e. The topological polar surface area (TPSA) is 75.4 Å². The van der Waals surface area contributed by atoms with Crippen molar-refractivity contribution in [3.8, 4) is 0 Å². The minimum Gasteiger partial charge on any atom is -0.439 e. The number of oxazole rings is 1. The van der Waals surface area contributed by atoms with E-state index in [2.05, 4.69) is 37.1 Å². The van der Waals surface area contributed by atoms with Crippen molar-refractivity contribution < 1.29 is 14.0 Å². The first kappa shape index (κ1) is 18.4. The minimum atomic E-state index is -0.0533. The Kier molecular flexibility index (Phi) is 5.03. The first-order valence-electron chi connectivity index (χ1n) is 9.17. The highest BCUT2D eigenvalue weighted by molar-refractivity contribution is 5.79. The molecule has 1 fully saturated rings. The molecule has 1 saturated heterocycles. The van der Waals surface area contributed by atoms with Crippen LogP contribution in [0.2, 0.25) is 0 Å². The Labute approximate surface area is 153 Å². The first-order chi connectivity index (χ1) is 12.2. The summed E-state index contributed by atoms with van der Waals surface area (Å²) in [6.45, 7) is 9.62. The number of carbonyl (C=O) groups excluding carboxylic acids is 2. The van der Waals surface area contributed by atoms with Gasteiger partial charge in [-0.3, -0.25) is 9.59 Å². The van der Waals surface area contributed by atoms with Gasteiger partial charge in [-0.2, -0.15) is 0 Å². The average molecular weight is 357 g/mol. The van der Waals surface area contributed by atoms with E-state index in [0.29, 0.717) is 31.8 Å². The number of amides is 2. The molecule has 0 saturated carbocycles. The van der Waals surface area contributed by atoms with Crippen LogP contribution < -0.4 is 5.32 Å². The summed E-state index contributed by atoms with van der Waals surface area (Å²) in [5.74, 6) is 0.541. The Morgan fingerprint density at radius 1 is 1.27 bits per heavy atom. The SMILES string of the molecule is CC(=O)N1CCC(C(=O)NCc2nc3cc(C(C)(C)C)ccc3o2)CC1. The Morgan fingerprint density at radius 3 is 2.58 bits per heavy atom. The monoisotopic (exact) mass is 357 g/mol. The number of nitrogens with zero attached hydrogens (tertiary/aromatic N) is 2. The third-order valence-electron chi connectivity index (χ3n) is 5.02. The molecule has 2 aromatic rings. The lowest BCUT2D eigenvalue weighted by atomic mass is 9.87. The number of rotatable bonds is 3. The van der Waals surface area contributed by atoms with E-state index < -0.39 is 0 Å². The summed E-state index contributed by atoms with van der Waals surface area (Å²) in [4.78, 5) is 30.0. The second-order valence-corrected chi connectivity index (χ2v) is 8.04. The zero-order valence-electron chi connectivity index (χ0n) is 16.0. The van der Waals surface area contributed by atoms with Crippen molar-refractivity contribution in [2.24, 2.45) is 5.92 Å². The molecular formula is C20H27N3O3. The molecule has 1 aromatic carbocycles. The Morgan fingerprint density at radius 2 is 1.96 bits per heavy atom. The third-order valence-corrected chi connectivity index (χ3v) is 5.02. The van der Waals surface area contributed by atoms with Crippen LogP contribution in [0.1, 0.15) is 52.0 Å². The molecule has 140 valence electrons.